The molecule has 0 N–H and O–H groups in total. The maximum absolute atomic E-state index is 11.6. The molecule has 1 spiro atoms. The third-order valence-corrected chi connectivity index (χ3v) is 3.59. The van der Waals surface area contributed by atoms with E-state index in [9.17, 15) is 4.79 Å². The molecule has 0 saturated heterocycles. The van der Waals surface area contributed by atoms with Crippen molar-refractivity contribution in [2.24, 2.45) is 11.8 Å². The fourth-order valence-electron chi connectivity index (χ4n) is 2.34. The van der Waals surface area contributed by atoms with Crippen molar-refractivity contribution in [2.75, 3.05) is 0 Å². The SMILES string of the molecule is CC1CCC2(CC1C)OC=CC2=O. The first kappa shape index (κ1) is 8.79. The van der Waals surface area contributed by atoms with Crippen LogP contribution in [0.25, 0.3) is 0 Å². The van der Waals surface area contributed by atoms with Crippen LogP contribution < -0.4 is 0 Å². The minimum absolute atomic E-state index is 0.172. The number of hydrogen-bond acceptors (Lipinski definition) is 2. The van der Waals surface area contributed by atoms with Gasteiger partial charge < -0.3 is 4.74 Å². The van der Waals surface area contributed by atoms with Gasteiger partial charge in [0.2, 0.25) is 5.78 Å². The van der Waals surface area contributed by atoms with Gasteiger partial charge in [0.05, 0.1) is 6.26 Å². The predicted molar refractivity (Wildman–Crippen MR) is 50.1 cm³/mol. The fraction of sp³-hybridized carbons (Fsp3) is 0.727. The summed E-state index contributed by atoms with van der Waals surface area (Å²) in [5, 5.41) is 0. The van der Waals surface area contributed by atoms with Gasteiger partial charge in [-0.3, -0.25) is 4.79 Å². The molecule has 0 radical (unpaired) electrons. The van der Waals surface area contributed by atoms with Gasteiger partial charge in [0.25, 0.3) is 0 Å². The number of carbonyl (C=O) groups excluding carboxylic acids is 1. The van der Waals surface area contributed by atoms with E-state index in [1.54, 1.807) is 12.3 Å². The molecule has 1 fully saturated rings. The summed E-state index contributed by atoms with van der Waals surface area (Å²) in [6.45, 7) is 4.46. The molecule has 2 heteroatoms. The summed E-state index contributed by atoms with van der Waals surface area (Å²) < 4.78 is 5.48. The molecule has 0 aromatic rings. The second-order valence-corrected chi connectivity index (χ2v) is 4.48. The van der Waals surface area contributed by atoms with E-state index in [0.717, 1.165) is 25.2 Å². The number of hydrogen-bond donors (Lipinski definition) is 0. The van der Waals surface area contributed by atoms with Crippen molar-refractivity contribution in [2.45, 2.75) is 38.7 Å². The summed E-state index contributed by atoms with van der Waals surface area (Å²) in [6, 6.07) is 0. The van der Waals surface area contributed by atoms with Crippen LogP contribution in [0, 0.1) is 11.8 Å². The van der Waals surface area contributed by atoms with Crippen LogP contribution in [0.2, 0.25) is 0 Å². The molecular weight excluding hydrogens is 164 g/mol. The Morgan fingerprint density at radius 3 is 2.77 bits per heavy atom. The smallest absolute Gasteiger partial charge is 0.202 e. The van der Waals surface area contributed by atoms with Crippen LogP contribution in [-0.4, -0.2) is 11.4 Å². The second-order valence-electron chi connectivity index (χ2n) is 4.48. The summed E-state index contributed by atoms with van der Waals surface area (Å²) >= 11 is 0. The Balaban J connectivity index is 2.14. The topological polar surface area (TPSA) is 26.3 Å². The molecule has 2 aliphatic rings. The van der Waals surface area contributed by atoms with Crippen molar-refractivity contribution < 1.29 is 9.53 Å². The number of carbonyl (C=O) groups is 1. The first-order valence-electron chi connectivity index (χ1n) is 5.03. The van der Waals surface area contributed by atoms with Crippen LogP contribution in [0.3, 0.4) is 0 Å². The van der Waals surface area contributed by atoms with Gasteiger partial charge >= 0.3 is 0 Å². The van der Waals surface area contributed by atoms with E-state index in [-0.39, 0.29) is 5.78 Å². The largest absolute Gasteiger partial charge is 0.487 e. The highest BCUT2D eigenvalue weighted by atomic mass is 16.5. The monoisotopic (exact) mass is 180 g/mol. The number of rotatable bonds is 0. The Morgan fingerprint density at radius 1 is 1.46 bits per heavy atom. The Kier molecular flexibility index (Phi) is 1.94. The first-order valence-corrected chi connectivity index (χ1v) is 5.03. The summed E-state index contributed by atoms with van der Waals surface area (Å²) in [5.74, 6) is 1.49. The van der Waals surface area contributed by atoms with E-state index in [0.29, 0.717) is 5.92 Å². The van der Waals surface area contributed by atoms with Crippen LogP contribution in [0.5, 0.6) is 0 Å². The van der Waals surface area contributed by atoms with Crippen molar-refractivity contribution in [3.8, 4) is 0 Å². The minimum Gasteiger partial charge on any atom is -0.487 e. The van der Waals surface area contributed by atoms with Crippen molar-refractivity contribution in [1.29, 1.82) is 0 Å². The molecule has 3 atom stereocenters. The predicted octanol–water partition coefficient (Wildman–Crippen LogP) is 2.29. The average molecular weight is 180 g/mol. The zero-order valence-corrected chi connectivity index (χ0v) is 8.25. The van der Waals surface area contributed by atoms with E-state index < -0.39 is 5.60 Å². The molecule has 0 bridgehead atoms. The first-order chi connectivity index (χ1) is 6.14. The number of ketones is 1. The molecule has 1 saturated carbocycles. The van der Waals surface area contributed by atoms with Crippen LogP contribution in [0.15, 0.2) is 12.3 Å². The lowest BCUT2D eigenvalue weighted by atomic mass is 9.72. The van der Waals surface area contributed by atoms with E-state index in [2.05, 4.69) is 13.8 Å². The van der Waals surface area contributed by atoms with Crippen LogP contribution in [0.1, 0.15) is 33.1 Å². The van der Waals surface area contributed by atoms with E-state index >= 15 is 0 Å². The van der Waals surface area contributed by atoms with Crippen molar-refractivity contribution in [1.82, 2.24) is 0 Å². The van der Waals surface area contributed by atoms with E-state index in [1.165, 1.54) is 0 Å². The van der Waals surface area contributed by atoms with Crippen molar-refractivity contribution in [3.05, 3.63) is 12.3 Å². The molecule has 2 nitrogen and oxygen atoms in total. The second kappa shape index (κ2) is 2.86. The highest BCUT2D eigenvalue weighted by molar-refractivity contribution is 5.98. The molecule has 0 aromatic carbocycles. The van der Waals surface area contributed by atoms with Gasteiger partial charge in [0.1, 0.15) is 0 Å². The Labute approximate surface area is 79.0 Å². The fourth-order valence-corrected chi connectivity index (χ4v) is 2.34. The van der Waals surface area contributed by atoms with Crippen LogP contribution in [-0.2, 0) is 9.53 Å². The third-order valence-electron chi connectivity index (χ3n) is 3.59. The number of ether oxygens (including phenoxy) is 1. The molecular formula is C11H16O2. The highest BCUT2D eigenvalue weighted by Crippen LogP contribution is 2.41. The van der Waals surface area contributed by atoms with Gasteiger partial charge in [-0.15, -0.1) is 0 Å². The van der Waals surface area contributed by atoms with E-state index in [1.807, 2.05) is 0 Å². The molecule has 0 amide bonds. The molecule has 0 aromatic heterocycles. The molecule has 3 unspecified atom stereocenters. The van der Waals surface area contributed by atoms with Gasteiger partial charge in [0, 0.05) is 6.08 Å². The molecule has 72 valence electrons. The van der Waals surface area contributed by atoms with Gasteiger partial charge in [-0.1, -0.05) is 13.8 Å². The van der Waals surface area contributed by atoms with Crippen molar-refractivity contribution >= 4 is 5.78 Å². The maximum Gasteiger partial charge on any atom is 0.202 e. The Morgan fingerprint density at radius 2 is 2.23 bits per heavy atom. The van der Waals surface area contributed by atoms with Crippen molar-refractivity contribution in [3.63, 3.8) is 0 Å². The van der Waals surface area contributed by atoms with Crippen LogP contribution in [0.4, 0.5) is 0 Å². The highest BCUT2D eigenvalue weighted by Gasteiger charge is 2.46. The van der Waals surface area contributed by atoms with Gasteiger partial charge in [-0.05, 0) is 31.1 Å². The van der Waals surface area contributed by atoms with E-state index in [4.69, 9.17) is 4.74 Å². The van der Waals surface area contributed by atoms with Crippen LogP contribution >= 0.6 is 0 Å². The maximum atomic E-state index is 11.6. The summed E-state index contributed by atoms with van der Waals surface area (Å²) in [5.41, 5.74) is -0.466. The zero-order valence-electron chi connectivity index (χ0n) is 8.25. The molecule has 1 aliphatic carbocycles. The summed E-state index contributed by atoms with van der Waals surface area (Å²) in [6.07, 6.45) is 6.02. The Hall–Kier alpha value is -0.790. The quantitative estimate of drug-likeness (QED) is 0.571. The standard InChI is InChI=1S/C11H16O2/c1-8-3-5-11(7-9(8)2)10(12)4-6-13-11/h4,6,8-9H,3,5,7H2,1-2H3. The van der Waals surface area contributed by atoms with Gasteiger partial charge in [-0.25, -0.2) is 0 Å². The molecule has 1 aliphatic heterocycles. The lowest BCUT2D eigenvalue weighted by Gasteiger charge is -2.38. The molecule has 1 heterocycles. The summed E-state index contributed by atoms with van der Waals surface area (Å²) in [4.78, 5) is 11.6. The Bertz CT molecular complexity index is 257. The minimum atomic E-state index is -0.466. The van der Waals surface area contributed by atoms with Gasteiger partial charge in [-0.2, -0.15) is 0 Å². The molecule has 13 heavy (non-hydrogen) atoms. The lowest BCUT2D eigenvalue weighted by molar-refractivity contribution is -0.135. The third kappa shape index (κ3) is 1.28. The van der Waals surface area contributed by atoms with Gasteiger partial charge in [0.15, 0.2) is 5.60 Å². The average Bonchev–Trinajstić information content (AvgIpc) is 2.42. The summed E-state index contributed by atoms with van der Waals surface area (Å²) in [7, 11) is 0. The lowest BCUT2D eigenvalue weighted by Crippen LogP contribution is -2.42. The zero-order chi connectivity index (χ0) is 9.47. The normalized spacial score (nSPS) is 44.0. The molecule has 2 rings (SSSR count).